The topological polar surface area (TPSA) is 91.7 Å². The van der Waals surface area contributed by atoms with E-state index in [1.807, 2.05) is 87.7 Å². The fraction of sp³-hybridized carbons (Fsp3) is 0.364. The monoisotopic (exact) mass is 598 g/mol. The summed E-state index contributed by atoms with van der Waals surface area (Å²) in [6, 6.07) is 15.1. The fourth-order valence-corrected chi connectivity index (χ4v) is 7.21. The van der Waals surface area contributed by atoms with Gasteiger partial charge in [-0.25, -0.2) is 10.1 Å². The lowest BCUT2D eigenvalue weighted by Crippen LogP contribution is -2.48. The number of anilines is 1. The smallest absolute Gasteiger partial charge is 0.265 e. The van der Waals surface area contributed by atoms with Crippen molar-refractivity contribution < 1.29 is 14.8 Å². The molecule has 0 radical (unpaired) electrons. The average molecular weight is 599 g/mol. The third kappa shape index (κ3) is 5.82. The SMILES string of the molecule is Cc1c(NC(=O)c2cc3c(s2)CCCC3)cccc1C1=CN(C)CC(=Nc2ccc([C@@H]3C(=O)N(C)CCN3C)cc2)N1O. The number of amides is 2. The second kappa shape index (κ2) is 11.9. The third-order valence-electron chi connectivity index (χ3n) is 8.59. The molecule has 1 aliphatic carbocycles. The van der Waals surface area contributed by atoms with Gasteiger partial charge in [-0.05, 0) is 80.6 Å². The Morgan fingerprint density at radius 1 is 1.05 bits per heavy atom. The van der Waals surface area contributed by atoms with Crippen LogP contribution in [0.4, 0.5) is 11.4 Å². The first-order chi connectivity index (χ1) is 20.7. The van der Waals surface area contributed by atoms with Crippen molar-refractivity contribution in [2.75, 3.05) is 46.1 Å². The summed E-state index contributed by atoms with van der Waals surface area (Å²) < 4.78 is 0. The van der Waals surface area contributed by atoms with Crippen molar-refractivity contribution >= 4 is 46.1 Å². The van der Waals surface area contributed by atoms with E-state index in [2.05, 4.69) is 10.2 Å². The van der Waals surface area contributed by atoms with Gasteiger partial charge in [0.05, 0.1) is 22.8 Å². The summed E-state index contributed by atoms with van der Waals surface area (Å²) in [6.45, 7) is 3.90. The molecule has 9 nitrogen and oxygen atoms in total. The largest absolute Gasteiger partial charge is 0.371 e. The number of benzene rings is 2. The Bertz CT molecular complexity index is 1590. The van der Waals surface area contributed by atoms with E-state index >= 15 is 0 Å². The van der Waals surface area contributed by atoms with Gasteiger partial charge < -0.3 is 15.1 Å². The van der Waals surface area contributed by atoms with E-state index in [4.69, 9.17) is 4.99 Å². The zero-order valence-electron chi connectivity index (χ0n) is 25.1. The summed E-state index contributed by atoms with van der Waals surface area (Å²) in [5.74, 6) is 0.450. The van der Waals surface area contributed by atoms with Gasteiger partial charge in [0.2, 0.25) is 5.91 Å². The molecule has 1 fully saturated rings. The molecule has 2 N–H and O–H groups in total. The molecule has 10 heteroatoms. The average Bonchev–Trinajstić information content (AvgIpc) is 3.44. The number of nitrogens with zero attached hydrogens (tertiary/aromatic N) is 5. The molecule has 3 aliphatic rings. The lowest BCUT2D eigenvalue weighted by atomic mass is 9.99. The van der Waals surface area contributed by atoms with Gasteiger partial charge in [-0.1, -0.05) is 24.3 Å². The summed E-state index contributed by atoms with van der Waals surface area (Å²) in [6.07, 6.45) is 6.35. The fourth-order valence-electron chi connectivity index (χ4n) is 6.06. The summed E-state index contributed by atoms with van der Waals surface area (Å²) in [5, 5.41) is 15.6. The molecule has 1 saturated heterocycles. The predicted octanol–water partition coefficient (Wildman–Crippen LogP) is 5.30. The second-order valence-electron chi connectivity index (χ2n) is 11.7. The number of carbonyl (C=O) groups is 2. The van der Waals surface area contributed by atoms with E-state index in [0.29, 0.717) is 29.5 Å². The zero-order chi connectivity index (χ0) is 30.2. The van der Waals surface area contributed by atoms with Crippen LogP contribution in [-0.2, 0) is 17.6 Å². The van der Waals surface area contributed by atoms with E-state index in [1.54, 1.807) is 16.2 Å². The molecular formula is C33H38N6O3S. The highest BCUT2D eigenvalue weighted by atomic mass is 32.1. The number of thiophene rings is 1. The van der Waals surface area contributed by atoms with Crippen molar-refractivity contribution in [3.05, 3.63) is 86.7 Å². The Labute approximate surface area is 256 Å². The number of hydrogen-bond acceptors (Lipinski definition) is 7. The number of aliphatic imine (C=N–C) groups is 1. The first-order valence-corrected chi connectivity index (χ1v) is 15.6. The van der Waals surface area contributed by atoms with Gasteiger partial charge in [0.25, 0.3) is 5.91 Å². The number of hydrogen-bond donors (Lipinski definition) is 2. The Balaban J connectivity index is 1.22. The van der Waals surface area contributed by atoms with Crippen LogP contribution in [0.1, 0.15) is 55.7 Å². The van der Waals surface area contributed by atoms with Gasteiger partial charge >= 0.3 is 0 Å². The van der Waals surface area contributed by atoms with Crippen LogP contribution in [0.15, 0.2) is 59.7 Å². The predicted molar refractivity (Wildman–Crippen MR) is 171 cm³/mol. The number of piperazine rings is 1. The molecule has 0 unspecified atom stereocenters. The molecule has 224 valence electrons. The molecule has 0 saturated carbocycles. The molecule has 3 heterocycles. The Morgan fingerprint density at radius 2 is 1.81 bits per heavy atom. The number of hydroxylamine groups is 2. The molecule has 6 rings (SSSR count). The van der Waals surface area contributed by atoms with Crippen LogP contribution < -0.4 is 5.32 Å². The highest BCUT2D eigenvalue weighted by molar-refractivity contribution is 7.14. The first-order valence-electron chi connectivity index (χ1n) is 14.8. The number of aryl methyl sites for hydroxylation is 2. The maximum absolute atomic E-state index is 13.2. The number of carbonyl (C=O) groups excluding carboxylic acids is 2. The Morgan fingerprint density at radius 3 is 2.58 bits per heavy atom. The van der Waals surface area contributed by atoms with E-state index < -0.39 is 0 Å². The van der Waals surface area contributed by atoms with E-state index in [9.17, 15) is 14.8 Å². The maximum atomic E-state index is 13.2. The van der Waals surface area contributed by atoms with Crippen LogP contribution in [0.2, 0.25) is 0 Å². The van der Waals surface area contributed by atoms with Gasteiger partial charge in [0.15, 0.2) is 5.84 Å². The molecule has 2 aliphatic heterocycles. The standard InChI is InChI=1S/C33H38N6O3S/c1-21-25(9-7-10-26(21)35-32(40)29-18-23-8-5-6-11-28(23)43-29)27-19-36(2)20-30(39(27)42)34-24-14-12-22(13-15-24)31-33(41)38(4)17-16-37(31)3/h7,9-10,12-15,18-19,31,42H,5-6,8,11,16-17,20H2,1-4H3,(H,35,40)/t31-/m1/s1. The summed E-state index contributed by atoms with van der Waals surface area (Å²) >= 11 is 1.60. The quantitative estimate of drug-likeness (QED) is 0.415. The van der Waals surface area contributed by atoms with Crippen molar-refractivity contribution in [3.63, 3.8) is 0 Å². The van der Waals surface area contributed by atoms with Crippen molar-refractivity contribution in [2.24, 2.45) is 4.99 Å². The molecule has 0 bridgehead atoms. The van der Waals surface area contributed by atoms with E-state index in [0.717, 1.165) is 52.6 Å². The van der Waals surface area contributed by atoms with Crippen LogP contribution in [0.5, 0.6) is 0 Å². The van der Waals surface area contributed by atoms with Gasteiger partial charge in [-0.3, -0.25) is 19.7 Å². The second-order valence-corrected chi connectivity index (χ2v) is 12.8. The van der Waals surface area contributed by atoms with Crippen molar-refractivity contribution in [3.8, 4) is 0 Å². The number of rotatable bonds is 5. The lowest BCUT2D eigenvalue weighted by Gasteiger charge is -2.37. The minimum atomic E-state index is -0.314. The molecule has 2 aromatic carbocycles. The van der Waals surface area contributed by atoms with Crippen molar-refractivity contribution in [1.82, 2.24) is 19.8 Å². The van der Waals surface area contributed by atoms with Crippen molar-refractivity contribution in [2.45, 2.75) is 38.6 Å². The van der Waals surface area contributed by atoms with Gasteiger partial charge in [-0.2, -0.15) is 0 Å². The maximum Gasteiger partial charge on any atom is 0.265 e. The van der Waals surface area contributed by atoms with Crippen LogP contribution >= 0.6 is 11.3 Å². The molecular weight excluding hydrogens is 560 g/mol. The molecule has 0 spiro atoms. The normalized spacial score (nSPS) is 20.3. The summed E-state index contributed by atoms with van der Waals surface area (Å²) in [5.41, 5.74) is 5.84. The Kier molecular flexibility index (Phi) is 8.09. The minimum Gasteiger partial charge on any atom is -0.371 e. The lowest BCUT2D eigenvalue weighted by molar-refractivity contribution is -0.139. The van der Waals surface area contributed by atoms with Crippen LogP contribution in [0.3, 0.4) is 0 Å². The van der Waals surface area contributed by atoms with E-state index in [1.165, 1.54) is 23.3 Å². The molecule has 1 atom stereocenters. The number of fused-ring (bicyclic) bond motifs is 1. The number of amidine groups is 1. The van der Waals surface area contributed by atoms with Crippen LogP contribution in [0.25, 0.3) is 5.70 Å². The molecule has 1 aromatic heterocycles. The third-order valence-corrected chi connectivity index (χ3v) is 9.83. The zero-order valence-corrected chi connectivity index (χ0v) is 25.9. The molecule has 3 aromatic rings. The number of nitrogens with one attached hydrogen (secondary N) is 1. The minimum absolute atomic E-state index is 0.0846. The number of likely N-dealkylation sites (N-methyl/N-ethyl adjacent to an activating group) is 3. The highest BCUT2D eigenvalue weighted by Crippen LogP contribution is 2.33. The Hall–Kier alpha value is -3.99. The van der Waals surface area contributed by atoms with Crippen LogP contribution in [-0.4, -0.2) is 83.4 Å². The van der Waals surface area contributed by atoms with Crippen molar-refractivity contribution in [1.29, 1.82) is 0 Å². The molecule has 43 heavy (non-hydrogen) atoms. The van der Waals surface area contributed by atoms with Crippen LogP contribution in [0, 0.1) is 6.92 Å². The molecule has 2 amide bonds. The van der Waals surface area contributed by atoms with E-state index in [-0.39, 0.29) is 17.9 Å². The van der Waals surface area contributed by atoms with Gasteiger partial charge in [0, 0.05) is 49.5 Å². The summed E-state index contributed by atoms with van der Waals surface area (Å²) in [7, 11) is 5.74. The first kappa shape index (κ1) is 29.1. The van der Waals surface area contributed by atoms with Gasteiger partial charge in [0.1, 0.15) is 6.04 Å². The van der Waals surface area contributed by atoms with Gasteiger partial charge in [-0.15, -0.1) is 11.3 Å². The highest BCUT2D eigenvalue weighted by Gasteiger charge is 2.32. The summed E-state index contributed by atoms with van der Waals surface area (Å²) in [4.78, 5) is 38.6.